The maximum absolute atomic E-state index is 14.6. The van der Waals surface area contributed by atoms with Gasteiger partial charge in [-0.1, -0.05) is 107 Å². The van der Waals surface area contributed by atoms with Crippen molar-refractivity contribution < 1.29 is 23.7 Å². The van der Waals surface area contributed by atoms with Crippen LogP contribution in [0.3, 0.4) is 0 Å². The van der Waals surface area contributed by atoms with E-state index in [0.29, 0.717) is 59.0 Å². The largest absolute Gasteiger partial charge is 0.496 e. The number of ether oxygens (including phenoxy) is 4. The van der Waals surface area contributed by atoms with Crippen LogP contribution in [-0.4, -0.2) is 31.4 Å². The van der Waals surface area contributed by atoms with Gasteiger partial charge >= 0.3 is 5.97 Å². The number of halogens is 2. The van der Waals surface area contributed by atoms with Crippen molar-refractivity contribution >= 4 is 63.1 Å². The lowest BCUT2D eigenvalue weighted by Crippen LogP contribution is -2.40. The van der Waals surface area contributed by atoms with Crippen LogP contribution < -0.4 is 29.1 Å². The minimum absolute atomic E-state index is 0.142. The quantitative estimate of drug-likeness (QED) is 0.132. The number of aromatic nitrogens is 1. The summed E-state index contributed by atoms with van der Waals surface area (Å²) in [4.78, 5) is 34.1. The molecular weight excluding hydrogens is 719 g/mol. The first-order valence-electron chi connectivity index (χ1n) is 16.4. The highest BCUT2D eigenvalue weighted by Crippen LogP contribution is 2.42. The number of rotatable bonds is 10. The molecule has 0 unspecified atom stereocenters. The number of carbonyl (C=O) groups is 1. The van der Waals surface area contributed by atoms with Gasteiger partial charge in [-0.2, -0.15) is 0 Å². The number of thiazole rings is 1. The zero-order chi connectivity index (χ0) is 36.4. The van der Waals surface area contributed by atoms with Crippen LogP contribution in [0.15, 0.2) is 118 Å². The fraction of sp³-hybridized carbons (Fsp3) is 0.146. The van der Waals surface area contributed by atoms with Gasteiger partial charge in [-0.05, 0) is 65.2 Å². The van der Waals surface area contributed by atoms with Gasteiger partial charge in [0.25, 0.3) is 5.56 Å². The first-order chi connectivity index (χ1) is 25.3. The molecule has 2 heterocycles. The number of methoxy groups -OCH3 is 2. The van der Waals surface area contributed by atoms with Crippen LogP contribution in [0, 0.1) is 0 Å². The third-order valence-electron chi connectivity index (χ3n) is 8.66. The summed E-state index contributed by atoms with van der Waals surface area (Å²) < 4.78 is 25.3. The Balaban J connectivity index is 1.40. The van der Waals surface area contributed by atoms with Crippen molar-refractivity contribution in [1.82, 2.24) is 4.57 Å². The van der Waals surface area contributed by atoms with Gasteiger partial charge in [0.15, 0.2) is 16.3 Å². The monoisotopic (exact) mass is 750 g/mol. The number of carbonyl (C=O) groups excluding carboxylic acids is 1. The fourth-order valence-corrected chi connectivity index (χ4v) is 7.61. The lowest BCUT2D eigenvalue weighted by Gasteiger charge is -2.28. The average Bonchev–Trinajstić information content (AvgIpc) is 3.48. The van der Waals surface area contributed by atoms with Crippen molar-refractivity contribution in [1.29, 1.82) is 0 Å². The zero-order valence-corrected chi connectivity index (χ0v) is 30.7. The van der Waals surface area contributed by atoms with Gasteiger partial charge in [-0.15, -0.1) is 0 Å². The molecule has 11 heteroatoms. The summed E-state index contributed by atoms with van der Waals surface area (Å²) in [6, 6.07) is 30.9. The second-order valence-corrected chi connectivity index (χ2v) is 13.6. The van der Waals surface area contributed by atoms with E-state index in [2.05, 4.69) is 0 Å². The van der Waals surface area contributed by atoms with Gasteiger partial charge in [-0.25, -0.2) is 9.79 Å². The Bertz CT molecular complexity index is 2550. The molecule has 0 saturated carbocycles. The van der Waals surface area contributed by atoms with Gasteiger partial charge in [0.2, 0.25) is 0 Å². The molecule has 262 valence electrons. The van der Waals surface area contributed by atoms with Gasteiger partial charge in [-0.3, -0.25) is 9.36 Å². The molecule has 0 fully saturated rings. The molecule has 1 aliphatic rings. The number of fused-ring (bicyclic) bond motifs is 2. The van der Waals surface area contributed by atoms with Crippen LogP contribution in [0.2, 0.25) is 10.0 Å². The van der Waals surface area contributed by atoms with E-state index in [9.17, 15) is 9.59 Å². The Morgan fingerprint density at radius 1 is 0.865 bits per heavy atom. The van der Waals surface area contributed by atoms with Crippen molar-refractivity contribution in [3.63, 3.8) is 0 Å². The van der Waals surface area contributed by atoms with Gasteiger partial charge < -0.3 is 18.9 Å². The number of hydrogen-bond acceptors (Lipinski definition) is 8. The zero-order valence-electron chi connectivity index (χ0n) is 28.4. The van der Waals surface area contributed by atoms with Crippen LogP contribution in [-0.2, 0) is 16.1 Å². The van der Waals surface area contributed by atoms with Gasteiger partial charge in [0.05, 0.1) is 46.7 Å². The van der Waals surface area contributed by atoms with Crippen LogP contribution in [0.1, 0.15) is 35.2 Å². The molecule has 1 aliphatic heterocycles. The smallest absolute Gasteiger partial charge is 0.338 e. The van der Waals surface area contributed by atoms with Gasteiger partial charge in [0.1, 0.15) is 18.4 Å². The topological polar surface area (TPSA) is 88.4 Å². The van der Waals surface area contributed by atoms with Crippen molar-refractivity contribution in [2.45, 2.75) is 19.6 Å². The Morgan fingerprint density at radius 2 is 1.62 bits per heavy atom. The first-order valence-corrected chi connectivity index (χ1v) is 18.0. The van der Waals surface area contributed by atoms with Crippen LogP contribution in [0.5, 0.6) is 17.2 Å². The second-order valence-electron chi connectivity index (χ2n) is 11.8. The Labute approximate surface area is 313 Å². The van der Waals surface area contributed by atoms with Crippen molar-refractivity contribution in [2.75, 3.05) is 20.8 Å². The SMILES string of the molecule is CCOC(=O)C1=C(c2ccccc2)N=c2s/c(=C\c3ccc(OCc4ccc(Cl)c(Cl)c4)c(OC)c3)c(=O)n2[C@@H]1c1c(OC)ccc2ccccc12. The van der Waals surface area contributed by atoms with Crippen molar-refractivity contribution in [3.8, 4) is 17.2 Å². The second kappa shape index (κ2) is 15.1. The molecule has 0 aliphatic carbocycles. The predicted molar refractivity (Wildman–Crippen MR) is 205 cm³/mol. The summed E-state index contributed by atoms with van der Waals surface area (Å²) in [6.07, 6.45) is 1.78. The summed E-state index contributed by atoms with van der Waals surface area (Å²) in [5.74, 6) is 0.953. The Morgan fingerprint density at radius 3 is 2.37 bits per heavy atom. The molecule has 0 spiro atoms. The molecular formula is C41H32Cl2N2O6S. The van der Waals surface area contributed by atoms with E-state index in [-0.39, 0.29) is 24.3 Å². The minimum Gasteiger partial charge on any atom is -0.496 e. The Kier molecular flexibility index (Phi) is 10.2. The standard InChI is InChI=1S/C41H32Cl2N2O6S/c1-4-50-40(47)36-37(27-11-6-5-7-12-27)44-41-45(38(36)35-28-13-9-8-10-26(28)16-19-32(35)48-2)39(46)34(52-41)22-24-15-18-31(33(21-24)49-3)51-23-25-14-17-29(42)30(43)20-25/h5-22,38H,4,23H2,1-3H3/b34-22-/t38-/m1/s1. The summed E-state index contributed by atoms with van der Waals surface area (Å²) in [6.45, 7) is 2.14. The van der Waals surface area contributed by atoms with E-state index < -0.39 is 12.0 Å². The van der Waals surface area contributed by atoms with Crippen LogP contribution >= 0.6 is 34.5 Å². The maximum Gasteiger partial charge on any atom is 0.338 e. The molecule has 5 aromatic carbocycles. The molecule has 0 radical (unpaired) electrons. The highest BCUT2D eigenvalue weighted by molar-refractivity contribution is 7.07. The van der Waals surface area contributed by atoms with Crippen molar-refractivity contribution in [2.24, 2.45) is 4.99 Å². The lowest BCUT2D eigenvalue weighted by atomic mass is 9.89. The fourth-order valence-electron chi connectivity index (χ4n) is 6.28. The molecule has 6 aromatic rings. The summed E-state index contributed by atoms with van der Waals surface area (Å²) >= 11 is 13.5. The molecule has 0 amide bonds. The third kappa shape index (κ3) is 6.70. The normalized spacial score (nSPS) is 14.2. The molecule has 8 nitrogen and oxygen atoms in total. The Hall–Kier alpha value is -5.35. The molecule has 52 heavy (non-hydrogen) atoms. The summed E-state index contributed by atoms with van der Waals surface area (Å²) in [5.41, 5.74) is 3.27. The van der Waals surface area contributed by atoms with E-state index in [4.69, 9.17) is 47.1 Å². The van der Waals surface area contributed by atoms with E-state index >= 15 is 0 Å². The first kappa shape index (κ1) is 35.1. The molecule has 0 N–H and O–H groups in total. The highest BCUT2D eigenvalue weighted by Gasteiger charge is 2.37. The lowest BCUT2D eigenvalue weighted by molar-refractivity contribution is -0.138. The molecule has 7 rings (SSSR count). The summed E-state index contributed by atoms with van der Waals surface area (Å²) in [7, 11) is 3.13. The van der Waals surface area contributed by atoms with Gasteiger partial charge in [0, 0.05) is 11.1 Å². The van der Waals surface area contributed by atoms with Crippen LogP contribution in [0.4, 0.5) is 0 Å². The average molecular weight is 752 g/mol. The van der Waals surface area contributed by atoms with E-state index in [1.165, 1.54) is 11.3 Å². The van der Waals surface area contributed by atoms with E-state index in [1.54, 1.807) is 56.1 Å². The molecule has 0 bridgehead atoms. The molecule has 1 aromatic heterocycles. The summed E-state index contributed by atoms with van der Waals surface area (Å²) in [5, 5.41) is 2.67. The highest BCUT2D eigenvalue weighted by atomic mass is 35.5. The molecule has 1 atom stereocenters. The third-order valence-corrected chi connectivity index (χ3v) is 10.4. The molecule has 0 saturated heterocycles. The number of nitrogens with zero attached hydrogens (tertiary/aromatic N) is 2. The van der Waals surface area contributed by atoms with Crippen LogP contribution in [0.25, 0.3) is 22.5 Å². The van der Waals surface area contributed by atoms with E-state index in [1.807, 2.05) is 78.9 Å². The van der Waals surface area contributed by atoms with E-state index in [0.717, 1.165) is 16.3 Å². The number of hydrogen-bond donors (Lipinski definition) is 0. The predicted octanol–water partition coefficient (Wildman–Crippen LogP) is 7.99. The minimum atomic E-state index is -0.916. The maximum atomic E-state index is 14.6. The number of esters is 1. The number of benzene rings is 5. The van der Waals surface area contributed by atoms with Crippen molar-refractivity contribution in [3.05, 3.63) is 161 Å².